The number of nitrogens with zero attached hydrogens (tertiary/aromatic N) is 2. The van der Waals surface area contributed by atoms with Gasteiger partial charge in [-0.15, -0.1) is 0 Å². The third-order valence-corrected chi connectivity index (χ3v) is 4.31. The second kappa shape index (κ2) is 6.26. The van der Waals surface area contributed by atoms with Gasteiger partial charge in [0.05, 0.1) is 0 Å². The van der Waals surface area contributed by atoms with Gasteiger partial charge >= 0.3 is 6.09 Å². The van der Waals surface area contributed by atoms with E-state index in [1.807, 2.05) is 25.7 Å². The Morgan fingerprint density at radius 2 is 2.04 bits per heavy atom. The summed E-state index contributed by atoms with van der Waals surface area (Å²) in [5.74, 6) is 0.479. The SMILES string of the molecule is CC(C)(C)OC(=O)N1CCC[C@@H](Cn2ccc3ccccc32)C1. The molecule has 0 saturated carbocycles. The molecule has 1 fully saturated rings. The predicted octanol–water partition coefficient (Wildman–Crippen LogP) is 4.29. The number of carbonyl (C=O) groups is 1. The molecule has 0 spiro atoms. The number of likely N-dealkylation sites (tertiary alicyclic amines) is 1. The van der Waals surface area contributed by atoms with E-state index in [1.165, 1.54) is 10.9 Å². The highest BCUT2D eigenvalue weighted by molar-refractivity contribution is 5.79. The van der Waals surface area contributed by atoms with Crippen molar-refractivity contribution in [3.8, 4) is 0 Å². The normalized spacial score (nSPS) is 19.1. The topological polar surface area (TPSA) is 34.5 Å². The third kappa shape index (κ3) is 3.87. The maximum Gasteiger partial charge on any atom is 0.410 e. The van der Waals surface area contributed by atoms with E-state index in [0.717, 1.165) is 32.5 Å². The van der Waals surface area contributed by atoms with Crippen molar-refractivity contribution in [1.29, 1.82) is 0 Å². The number of carbonyl (C=O) groups excluding carboxylic acids is 1. The van der Waals surface area contributed by atoms with E-state index in [9.17, 15) is 4.79 Å². The van der Waals surface area contributed by atoms with Gasteiger partial charge in [0.2, 0.25) is 0 Å². The molecule has 1 aromatic carbocycles. The second-order valence-electron chi connectivity index (χ2n) is 7.46. The monoisotopic (exact) mass is 314 g/mol. The number of hydrogen-bond donors (Lipinski definition) is 0. The first-order valence-corrected chi connectivity index (χ1v) is 8.44. The lowest BCUT2D eigenvalue weighted by Crippen LogP contribution is -2.43. The maximum absolute atomic E-state index is 12.3. The molecule has 3 rings (SSSR count). The Hall–Kier alpha value is -1.97. The van der Waals surface area contributed by atoms with Gasteiger partial charge in [-0.25, -0.2) is 4.79 Å². The molecular formula is C19H26N2O2. The number of para-hydroxylation sites is 1. The van der Waals surface area contributed by atoms with E-state index in [4.69, 9.17) is 4.74 Å². The van der Waals surface area contributed by atoms with Crippen molar-refractivity contribution >= 4 is 17.0 Å². The maximum atomic E-state index is 12.3. The Balaban J connectivity index is 1.66. The molecule has 1 aromatic heterocycles. The summed E-state index contributed by atoms with van der Waals surface area (Å²) in [5.41, 5.74) is 0.836. The summed E-state index contributed by atoms with van der Waals surface area (Å²) in [4.78, 5) is 14.1. The van der Waals surface area contributed by atoms with Gasteiger partial charge in [0, 0.05) is 31.3 Å². The van der Waals surface area contributed by atoms with E-state index in [0.29, 0.717) is 5.92 Å². The molecule has 1 atom stereocenters. The van der Waals surface area contributed by atoms with Crippen LogP contribution >= 0.6 is 0 Å². The van der Waals surface area contributed by atoms with Crippen LogP contribution in [0.25, 0.3) is 10.9 Å². The number of rotatable bonds is 2. The molecule has 0 bridgehead atoms. The second-order valence-corrected chi connectivity index (χ2v) is 7.46. The van der Waals surface area contributed by atoms with Gasteiger partial charge in [-0.3, -0.25) is 0 Å². The lowest BCUT2D eigenvalue weighted by atomic mass is 9.98. The number of aromatic nitrogens is 1. The molecular weight excluding hydrogens is 288 g/mol. The van der Waals surface area contributed by atoms with E-state index in [-0.39, 0.29) is 6.09 Å². The van der Waals surface area contributed by atoms with Crippen molar-refractivity contribution in [3.63, 3.8) is 0 Å². The average molecular weight is 314 g/mol. The van der Waals surface area contributed by atoms with Gasteiger partial charge in [-0.05, 0) is 57.0 Å². The minimum Gasteiger partial charge on any atom is -0.444 e. The number of benzene rings is 1. The lowest BCUT2D eigenvalue weighted by molar-refractivity contribution is 0.0158. The first-order chi connectivity index (χ1) is 10.9. The Morgan fingerprint density at radius 1 is 1.26 bits per heavy atom. The van der Waals surface area contributed by atoms with Gasteiger partial charge in [-0.1, -0.05) is 18.2 Å². The van der Waals surface area contributed by atoms with E-state index in [2.05, 4.69) is 41.1 Å². The number of piperidine rings is 1. The molecule has 0 aliphatic carbocycles. The molecule has 23 heavy (non-hydrogen) atoms. The van der Waals surface area contributed by atoms with Crippen LogP contribution in [-0.4, -0.2) is 34.3 Å². The molecule has 0 N–H and O–H groups in total. The van der Waals surface area contributed by atoms with Gasteiger partial charge in [0.25, 0.3) is 0 Å². The molecule has 1 amide bonds. The summed E-state index contributed by atoms with van der Waals surface area (Å²) in [6, 6.07) is 10.6. The molecule has 2 aromatic rings. The highest BCUT2D eigenvalue weighted by Crippen LogP contribution is 2.23. The van der Waals surface area contributed by atoms with Crippen molar-refractivity contribution in [3.05, 3.63) is 36.5 Å². The molecule has 1 aliphatic rings. The van der Waals surface area contributed by atoms with Gasteiger partial charge < -0.3 is 14.2 Å². The number of hydrogen-bond acceptors (Lipinski definition) is 2. The van der Waals surface area contributed by atoms with Crippen LogP contribution in [0.3, 0.4) is 0 Å². The Morgan fingerprint density at radius 3 is 2.83 bits per heavy atom. The van der Waals surface area contributed by atoms with Gasteiger partial charge in [-0.2, -0.15) is 0 Å². The van der Waals surface area contributed by atoms with Gasteiger partial charge in [0.1, 0.15) is 5.60 Å². The molecule has 1 saturated heterocycles. The van der Waals surface area contributed by atoms with Crippen LogP contribution in [0.5, 0.6) is 0 Å². The molecule has 0 radical (unpaired) electrons. The zero-order chi connectivity index (χ0) is 16.4. The van der Waals surface area contributed by atoms with Crippen LogP contribution in [0.15, 0.2) is 36.5 Å². The first-order valence-electron chi connectivity index (χ1n) is 8.44. The Labute approximate surface area is 138 Å². The zero-order valence-electron chi connectivity index (χ0n) is 14.3. The van der Waals surface area contributed by atoms with Crippen LogP contribution < -0.4 is 0 Å². The van der Waals surface area contributed by atoms with Crippen LogP contribution in [0, 0.1) is 5.92 Å². The smallest absolute Gasteiger partial charge is 0.410 e. The highest BCUT2D eigenvalue weighted by atomic mass is 16.6. The summed E-state index contributed by atoms with van der Waals surface area (Å²) < 4.78 is 7.82. The number of ether oxygens (including phenoxy) is 1. The molecule has 4 heteroatoms. The fourth-order valence-electron chi connectivity index (χ4n) is 3.28. The van der Waals surface area contributed by atoms with Crippen molar-refractivity contribution in [2.75, 3.05) is 13.1 Å². The van der Waals surface area contributed by atoms with Gasteiger partial charge in [0.15, 0.2) is 0 Å². The Kier molecular flexibility index (Phi) is 4.33. The first kappa shape index (κ1) is 15.9. The van der Waals surface area contributed by atoms with Crippen molar-refractivity contribution in [2.24, 2.45) is 5.92 Å². The molecule has 4 nitrogen and oxygen atoms in total. The molecule has 1 aliphatic heterocycles. The predicted molar refractivity (Wildman–Crippen MR) is 92.5 cm³/mol. The van der Waals surface area contributed by atoms with Crippen molar-refractivity contribution < 1.29 is 9.53 Å². The van der Waals surface area contributed by atoms with Crippen LogP contribution in [0.4, 0.5) is 4.79 Å². The standard InChI is InChI=1S/C19H26N2O2/c1-19(2,3)23-18(22)21-11-6-7-15(14-21)13-20-12-10-16-8-4-5-9-17(16)20/h4-5,8-10,12,15H,6-7,11,13-14H2,1-3H3/t15-/m0/s1. The van der Waals surface area contributed by atoms with E-state index < -0.39 is 5.60 Å². The Bertz CT molecular complexity index is 684. The quantitative estimate of drug-likeness (QED) is 0.829. The molecule has 0 unspecified atom stereocenters. The lowest BCUT2D eigenvalue weighted by Gasteiger charge is -2.34. The van der Waals surface area contributed by atoms with Crippen molar-refractivity contribution in [1.82, 2.24) is 9.47 Å². The third-order valence-electron chi connectivity index (χ3n) is 4.31. The zero-order valence-corrected chi connectivity index (χ0v) is 14.3. The molecule has 2 heterocycles. The average Bonchev–Trinajstić information content (AvgIpc) is 2.89. The summed E-state index contributed by atoms with van der Waals surface area (Å²) in [7, 11) is 0. The van der Waals surface area contributed by atoms with Crippen LogP contribution in [-0.2, 0) is 11.3 Å². The van der Waals surface area contributed by atoms with Crippen LogP contribution in [0.1, 0.15) is 33.6 Å². The van der Waals surface area contributed by atoms with E-state index in [1.54, 1.807) is 0 Å². The number of amides is 1. The minimum atomic E-state index is -0.430. The fourth-order valence-corrected chi connectivity index (χ4v) is 3.28. The van der Waals surface area contributed by atoms with Crippen molar-refractivity contribution in [2.45, 2.75) is 45.8 Å². The summed E-state index contributed by atoms with van der Waals surface area (Å²) in [5, 5.41) is 1.27. The summed E-state index contributed by atoms with van der Waals surface area (Å²) in [6.45, 7) is 8.28. The minimum absolute atomic E-state index is 0.181. The highest BCUT2D eigenvalue weighted by Gasteiger charge is 2.27. The fraction of sp³-hybridized carbons (Fsp3) is 0.526. The largest absolute Gasteiger partial charge is 0.444 e. The van der Waals surface area contributed by atoms with Crippen LogP contribution in [0.2, 0.25) is 0 Å². The summed E-state index contributed by atoms with van der Waals surface area (Å²) >= 11 is 0. The number of fused-ring (bicyclic) bond motifs is 1. The summed E-state index contributed by atoms with van der Waals surface area (Å²) in [6.07, 6.45) is 4.17. The van der Waals surface area contributed by atoms with E-state index >= 15 is 0 Å². The molecule has 124 valence electrons.